The minimum Gasteiger partial charge on any atom is -0.379 e. The summed E-state index contributed by atoms with van der Waals surface area (Å²) in [7, 11) is -1.31. The normalized spacial score (nSPS) is 16.5. The lowest BCUT2D eigenvalue weighted by Crippen LogP contribution is -2.33. The molecule has 124 valence electrons. The third-order valence-corrected chi connectivity index (χ3v) is 4.07. The summed E-state index contributed by atoms with van der Waals surface area (Å²) >= 11 is 0. The molecule has 2 heterocycles. The number of hydrogen-bond donors (Lipinski definition) is 1. The molecule has 2 rings (SSSR count). The highest BCUT2D eigenvalue weighted by atomic mass is 32.2. The molecule has 1 aliphatic heterocycles. The van der Waals surface area contributed by atoms with Gasteiger partial charge in [-0.1, -0.05) is 0 Å². The topological polar surface area (TPSA) is 108 Å². The van der Waals surface area contributed by atoms with Crippen molar-refractivity contribution in [3.8, 4) is 6.07 Å². The lowest BCUT2D eigenvalue weighted by molar-refractivity contribution is -0.130. The maximum absolute atomic E-state index is 11.8. The fourth-order valence-electron chi connectivity index (χ4n) is 2.15. The minimum absolute atomic E-state index is 0.103. The number of hydrogen-bond acceptors (Lipinski definition) is 7. The Morgan fingerprint density at radius 3 is 3.09 bits per heavy atom. The lowest BCUT2D eigenvalue weighted by atomic mass is 10.3. The van der Waals surface area contributed by atoms with Crippen LogP contribution >= 0.6 is 0 Å². The molecule has 0 spiro atoms. The van der Waals surface area contributed by atoms with Crippen molar-refractivity contribution in [3.05, 3.63) is 11.8 Å². The van der Waals surface area contributed by atoms with Gasteiger partial charge < -0.3 is 15.0 Å². The van der Waals surface area contributed by atoms with Gasteiger partial charge >= 0.3 is 0 Å². The van der Waals surface area contributed by atoms with Gasteiger partial charge in [-0.05, 0) is 6.42 Å². The number of carbonyl (C=O) groups is 1. The molecule has 9 heteroatoms. The van der Waals surface area contributed by atoms with E-state index in [0.29, 0.717) is 57.1 Å². The zero-order valence-corrected chi connectivity index (χ0v) is 13.8. The molecule has 8 nitrogen and oxygen atoms in total. The quantitative estimate of drug-likeness (QED) is 0.581. The molecular formula is C14H19N5O3S. The van der Waals surface area contributed by atoms with Gasteiger partial charge in [0.25, 0.3) is 0 Å². The summed E-state index contributed by atoms with van der Waals surface area (Å²) in [5, 5.41) is 12.3. The van der Waals surface area contributed by atoms with E-state index in [9.17, 15) is 9.00 Å². The second-order valence-corrected chi connectivity index (χ2v) is 6.28. The largest absolute Gasteiger partial charge is 0.379 e. The summed E-state index contributed by atoms with van der Waals surface area (Å²) < 4.78 is 16.7. The van der Waals surface area contributed by atoms with E-state index >= 15 is 0 Å². The molecule has 1 fully saturated rings. The van der Waals surface area contributed by atoms with Crippen LogP contribution in [0, 0.1) is 11.3 Å². The molecule has 1 N–H and O–H groups in total. The molecule has 1 aromatic rings. The number of aromatic nitrogens is 2. The van der Waals surface area contributed by atoms with E-state index < -0.39 is 10.8 Å². The number of carbonyl (C=O) groups excluding carboxylic acids is 1. The van der Waals surface area contributed by atoms with Gasteiger partial charge in [-0.15, -0.1) is 0 Å². The molecule has 0 radical (unpaired) electrons. The standard InChI is InChI=1S/C14H19N5O3S/c1-23(21)14-17-10-11(9-15)13(18-14)16-4-2-5-19-6-8-22-7-3-12(19)20/h10H,2-8H2,1H3,(H,16,17,18). The number of ether oxygens (including phenoxy) is 1. The van der Waals surface area contributed by atoms with Gasteiger partial charge in [0.2, 0.25) is 11.1 Å². The van der Waals surface area contributed by atoms with Crippen LogP contribution in [-0.2, 0) is 20.3 Å². The average Bonchev–Trinajstić information content (AvgIpc) is 2.75. The molecule has 1 saturated heterocycles. The SMILES string of the molecule is CS(=O)c1ncc(C#N)c(NCCCN2CCOCCC2=O)n1. The summed E-state index contributed by atoms with van der Waals surface area (Å²) in [5.74, 6) is 0.476. The van der Waals surface area contributed by atoms with Crippen molar-refractivity contribution >= 4 is 22.5 Å². The first-order valence-electron chi connectivity index (χ1n) is 7.31. The molecular weight excluding hydrogens is 318 g/mol. The van der Waals surface area contributed by atoms with Crippen LogP contribution in [0.5, 0.6) is 0 Å². The third-order valence-electron chi connectivity index (χ3n) is 3.36. The van der Waals surface area contributed by atoms with Crippen LogP contribution in [0.25, 0.3) is 0 Å². The molecule has 23 heavy (non-hydrogen) atoms. The fourth-order valence-corrected chi connectivity index (χ4v) is 2.57. The van der Waals surface area contributed by atoms with Crippen molar-refractivity contribution in [2.45, 2.75) is 18.0 Å². The highest BCUT2D eigenvalue weighted by Crippen LogP contribution is 2.12. The van der Waals surface area contributed by atoms with Crippen LogP contribution in [0.2, 0.25) is 0 Å². The number of amides is 1. The molecule has 0 bridgehead atoms. The van der Waals surface area contributed by atoms with Crippen molar-refractivity contribution in [3.63, 3.8) is 0 Å². The van der Waals surface area contributed by atoms with E-state index in [2.05, 4.69) is 15.3 Å². The van der Waals surface area contributed by atoms with Crippen LogP contribution in [0.1, 0.15) is 18.4 Å². The van der Waals surface area contributed by atoms with Crippen LogP contribution < -0.4 is 5.32 Å². The molecule has 1 unspecified atom stereocenters. The second-order valence-electron chi connectivity index (χ2n) is 5.00. The maximum Gasteiger partial charge on any atom is 0.224 e. The van der Waals surface area contributed by atoms with Crippen molar-refractivity contribution in [2.75, 3.05) is 44.4 Å². The van der Waals surface area contributed by atoms with E-state index in [1.54, 1.807) is 4.90 Å². The van der Waals surface area contributed by atoms with Crippen molar-refractivity contribution in [1.29, 1.82) is 5.26 Å². The molecule has 0 aliphatic carbocycles. The first kappa shape index (κ1) is 17.3. The second kappa shape index (κ2) is 8.55. The van der Waals surface area contributed by atoms with E-state index in [0.717, 1.165) is 0 Å². The van der Waals surface area contributed by atoms with E-state index in [-0.39, 0.29) is 11.1 Å². The Morgan fingerprint density at radius 1 is 1.52 bits per heavy atom. The Labute approximate surface area is 137 Å². The molecule has 0 saturated carbocycles. The molecule has 1 aliphatic rings. The summed E-state index contributed by atoms with van der Waals surface area (Å²) in [6, 6.07) is 2.00. The van der Waals surface area contributed by atoms with E-state index in [1.165, 1.54) is 12.5 Å². The number of rotatable bonds is 6. The zero-order valence-electron chi connectivity index (χ0n) is 12.9. The molecule has 1 atom stereocenters. The Kier molecular flexibility index (Phi) is 6.43. The van der Waals surface area contributed by atoms with Gasteiger partial charge in [0.05, 0.1) is 36.6 Å². The van der Waals surface area contributed by atoms with Gasteiger partial charge in [-0.3, -0.25) is 9.00 Å². The summed E-state index contributed by atoms with van der Waals surface area (Å²) in [6.45, 7) is 2.82. The first-order valence-corrected chi connectivity index (χ1v) is 8.87. The Balaban J connectivity index is 1.88. The smallest absolute Gasteiger partial charge is 0.224 e. The molecule has 0 aromatic carbocycles. The van der Waals surface area contributed by atoms with Crippen LogP contribution in [-0.4, -0.2) is 64.1 Å². The van der Waals surface area contributed by atoms with Crippen molar-refractivity contribution in [2.24, 2.45) is 0 Å². The minimum atomic E-state index is -1.31. The third kappa shape index (κ3) is 4.97. The Hall–Kier alpha value is -2.05. The number of nitriles is 1. The fraction of sp³-hybridized carbons (Fsp3) is 0.571. The van der Waals surface area contributed by atoms with E-state index in [4.69, 9.17) is 10.00 Å². The number of anilines is 1. The van der Waals surface area contributed by atoms with Crippen molar-refractivity contribution in [1.82, 2.24) is 14.9 Å². The van der Waals surface area contributed by atoms with Crippen LogP contribution in [0.15, 0.2) is 11.4 Å². The lowest BCUT2D eigenvalue weighted by Gasteiger charge is -2.19. The van der Waals surface area contributed by atoms with Gasteiger partial charge in [0.15, 0.2) is 0 Å². The predicted molar refractivity (Wildman–Crippen MR) is 84.2 cm³/mol. The van der Waals surface area contributed by atoms with Gasteiger partial charge in [0.1, 0.15) is 17.5 Å². The van der Waals surface area contributed by atoms with Crippen molar-refractivity contribution < 1.29 is 13.7 Å². The van der Waals surface area contributed by atoms with Crippen LogP contribution in [0.3, 0.4) is 0 Å². The summed E-state index contributed by atoms with van der Waals surface area (Å²) in [5.41, 5.74) is 0.304. The predicted octanol–water partition coefficient (Wildman–Crippen LogP) is 0.137. The summed E-state index contributed by atoms with van der Waals surface area (Å²) in [6.07, 6.45) is 3.98. The first-order chi connectivity index (χ1) is 11.1. The monoisotopic (exact) mass is 337 g/mol. The van der Waals surface area contributed by atoms with Crippen LogP contribution in [0.4, 0.5) is 5.82 Å². The number of nitrogens with one attached hydrogen (secondary N) is 1. The highest BCUT2D eigenvalue weighted by molar-refractivity contribution is 7.84. The highest BCUT2D eigenvalue weighted by Gasteiger charge is 2.16. The maximum atomic E-state index is 11.8. The Bertz CT molecular complexity index is 631. The zero-order chi connectivity index (χ0) is 16.7. The van der Waals surface area contributed by atoms with Gasteiger partial charge in [-0.25, -0.2) is 9.97 Å². The Morgan fingerprint density at radius 2 is 2.35 bits per heavy atom. The van der Waals surface area contributed by atoms with E-state index in [1.807, 2.05) is 6.07 Å². The summed E-state index contributed by atoms with van der Waals surface area (Å²) in [4.78, 5) is 21.6. The number of nitrogens with zero attached hydrogens (tertiary/aromatic N) is 4. The van der Waals surface area contributed by atoms with Gasteiger partial charge in [0, 0.05) is 25.9 Å². The molecule has 1 aromatic heterocycles. The molecule has 1 amide bonds. The van der Waals surface area contributed by atoms with Gasteiger partial charge in [-0.2, -0.15) is 5.26 Å². The average molecular weight is 337 g/mol.